The molecule has 2 rings (SSSR count). The van der Waals surface area contributed by atoms with Gasteiger partial charge in [0.05, 0.1) is 5.56 Å². The molecule has 0 bridgehead atoms. The number of rotatable bonds is 1. The van der Waals surface area contributed by atoms with E-state index < -0.39 is 5.97 Å². The lowest BCUT2D eigenvalue weighted by molar-refractivity contribution is 0.0697. The molecule has 0 saturated carbocycles. The maximum absolute atomic E-state index is 10.9. The van der Waals surface area contributed by atoms with Gasteiger partial charge in [-0.1, -0.05) is 19.9 Å². The first-order valence-corrected chi connectivity index (χ1v) is 5.83. The number of fused-ring (bicyclic) bond motifs is 1. The Balaban J connectivity index is 2.32. The maximum Gasteiger partial charge on any atom is 0.335 e. The molecule has 0 aromatic heterocycles. The van der Waals surface area contributed by atoms with Gasteiger partial charge in [0.1, 0.15) is 0 Å². The molecule has 1 N–H and O–H groups in total. The van der Waals surface area contributed by atoms with Crippen LogP contribution in [0.3, 0.4) is 0 Å². The Morgan fingerprint density at radius 2 is 1.81 bits per heavy atom. The molecule has 0 heterocycles. The highest BCUT2D eigenvalue weighted by molar-refractivity contribution is 5.87. The first kappa shape index (κ1) is 11.2. The van der Waals surface area contributed by atoms with Crippen LogP contribution in [0.15, 0.2) is 18.2 Å². The Bertz CT molecular complexity index is 419. The molecule has 0 aliphatic heterocycles. The summed E-state index contributed by atoms with van der Waals surface area (Å²) in [6, 6.07) is 5.55. The monoisotopic (exact) mass is 218 g/mol. The van der Waals surface area contributed by atoms with E-state index in [0.29, 0.717) is 11.0 Å². The van der Waals surface area contributed by atoms with Gasteiger partial charge in [0, 0.05) is 0 Å². The normalized spacial score (nSPS) is 18.6. The highest BCUT2D eigenvalue weighted by Crippen LogP contribution is 2.33. The quantitative estimate of drug-likeness (QED) is 0.734. The molecule has 1 aromatic carbocycles. The number of aromatic carboxylic acids is 1. The van der Waals surface area contributed by atoms with Gasteiger partial charge in [0.2, 0.25) is 0 Å². The van der Waals surface area contributed by atoms with E-state index in [9.17, 15) is 4.79 Å². The number of aryl methyl sites for hydroxylation is 2. The van der Waals surface area contributed by atoms with Gasteiger partial charge in [0.25, 0.3) is 0 Å². The van der Waals surface area contributed by atoms with E-state index in [0.717, 1.165) is 19.3 Å². The molecule has 0 amide bonds. The van der Waals surface area contributed by atoms with E-state index in [-0.39, 0.29) is 0 Å². The molecule has 0 radical (unpaired) electrons. The molecule has 0 fully saturated rings. The summed E-state index contributed by atoms with van der Waals surface area (Å²) in [7, 11) is 0. The number of carbonyl (C=O) groups is 1. The Morgan fingerprint density at radius 3 is 2.44 bits per heavy atom. The molecule has 86 valence electrons. The van der Waals surface area contributed by atoms with Crippen molar-refractivity contribution in [3.63, 3.8) is 0 Å². The van der Waals surface area contributed by atoms with Gasteiger partial charge in [-0.15, -0.1) is 0 Å². The second-order valence-corrected chi connectivity index (χ2v) is 5.45. The average molecular weight is 218 g/mol. The van der Waals surface area contributed by atoms with E-state index in [1.54, 1.807) is 6.07 Å². The van der Waals surface area contributed by atoms with Gasteiger partial charge < -0.3 is 5.11 Å². The molecule has 1 aliphatic rings. The van der Waals surface area contributed by atoms with Crippen molar-refractivity contribution < 1.29 is 9.90 Å². The molecular weight excluding hydrogens is 200 g/mol. The van der Waals surface area contributed by atoms with Crippen molar-refractivity contribution in [2.45, 2.75) is 39.5 Å². The summed E-state index contributed by atoms with van der Waals surface area (Å²) in [6.45, 7) is 4.58. The van der Waals surface area contributed by atoms with Gasteiger partial charge in [-0.2, -0.15) is 0 Å². The van der Waals surface area contributed by atoms with Crippen molar-refractivity contribution in [2.24, 2.45) is 5.41 Å². The smallest absolute Gasteiger partial charge is 0.335 e. The molecule has 0 spiro atoms. The van der Waals surface area contributed by atoms with Crippen molar-refractivity contribution in [1.29, 1.82) is 0 Å². The Hall–Kier alpha value is -1.31. The van der Waals surface area contributed by atoms with Crippen molar-refractivity contribution in [2.75, 3.05) is 0 Å². The first-order valence-electron chi connectivity index (χ1n) is 5.83. The van der Waals surface area contributed by atoms with Gasteiger partial charge in [0.15, 0.2) is 0 Å². The van der Waals surface area contributed by atoms with Crippen LogP contribution in [0.1, 0.15) is 48.2 Å². The van der Waals surface area contributed by atoms with Crippen molar-refractivity contribution in [1.82, 2.24) is 0 Å². The van der Waals surface area contributed by atoms with Gasteiger partial charge >= 0.3 is 5.97 Å². The third kappa shape index (κ3) is 2.26. The van der Waals surface area contributed by atoms with E-state index in [1.807, 2.05) is 12.1 Å². The fourth-order valence-corrected chi connectivity index (χ4v) is 2.31. The number of carboxylic acid groups (broad SMARTS) is 1. The summed E-state index contributed by atoms with van der Waals surface area (Å²) in [5.41, 5.74) is 3.35. The Morgan fingerprint density at radius 1 is 1.19 bits per heavy atom. The minimum absolute atomic E-state index is 0.377. The van der Waals surface area contributed by atoms with Gasteiger partial charge in [-0.05, 0) is 54.4 Å². The van der Waals surface area contributed by atoms with E-state index in [2.05, 4.69) is 13.8 Å². The largest absolute Gasteiger partial charge is 0.478 e. The van der Waals surface area contributed by atoms with Crippen LogP contribution in [0.4, 0.5) is 0 Å². The molecule has 0 saturated heterocycles. The van der Waals surface area contributed by atoms with Crippen molar-refractivity contribution >= 4 is 5.97 Å². The Labute approximate surface area is 96.3 Å². The molecule has 0 atom stereocenters. The summed E-state index contributed by atoms with van der Waals surface area (Å²) >= 11 is 0. The highest BCUT2D eigenvalue weighted by Gasteiger charge is 2.22. The number of benzene rings is 1. The van der Waals surface area contributed by atoms with Crippen LogP contribution in [0, 0.1) is 5.41 Å². The summed E-state index contributed by atoms with van der Waals surface area (Å²) in [6.07, 6.45) is 4.40. The Kier molecular flexibility index (Phi) is 2.75. The molecule has 2 heteroatoms. The summed E-state index contributed by atoms with van der Waals surface area (Å²) in [5.74, 6) is -0.827. The summed E-state index contributed by atoms with van der Waals surface area (Å²) in [5, 5.41) is 8.96. The third-order valence-electron chi connectivity index (χ3n) is 3.60. The fraction of sp³-hybridized carbons (Fsp3) is 0.500. The molecule has 2 nitrogen and oxygen atoms in total. The number of hydrogen-bond donors (Lipinski definition) is 1. The SMILES string of the molecule is CC1(C)CCc2ccc(C(=O)O)cc2CC1. The predicted octanol–water partition coefficient (Wildman–Crippen LogP) is 3.29. The lowest BCUT2D eigenvalue weighted by Gasteiger charge is -2.21. The zero-order chi connectivity index (χ0) is 11.8. The topological polar surface area (TPSA) is 37.3 Å². The molecule has 1 aromatic rings. The maximum atomic E-state index is 10.9. The molecule has 16 heavy (non-hydrogen) atoms. The highest BCUT2D eigenvalue weighted by atomic mass is 16.4. The second-order valence-electron chi connectivity index (χ2n) is 5.45. The van der Waals surface area contributed by atoms with Crippen molar-refractivity contribution in [3.05, 3.63) is 34.9 Å². The van der Waals surface area contributed by atoms with Crippen LogP contribution < -0.4 is 0 Å². The summed E-state index contributed by atoms with van der Waals surface area (Å²) in [4.78, 5) is 10.9. The second kappa shape index (κ2) is 3.93. The zero-order valence-corrected chi connectivity index (χ0v) is 9.92. The standard InChI is InChI=1S/C14H18O2/c1-14(2)7-5-10-3-4-12(13(15)16)9-11(10)6-8-14/h3-4,9H,5-8H2,1-2H3,(H,15,16). The predicted molar refractivity (Wildman–Crippen MR) is 63.8 cm³/mol. The van der Waals surface area contributed by atoms with Crippen LogP contribution in [0.5, 0.6) is 0 Å². The van der Waals surface area contributed by atoms with Crippen LogP contribution in [0.25, 0.3) is 0 Å². The van der Waals surface area contributed by atoms with Crippen LogP contribution >= 0.6 is 0 Å². The average Bonchev–Trinajstić information content (AvgIpc) is 2.38. The lowest BCUT2D eigenvalue weighted by atomic mass is 9.85. The lowest BCUT2D eigenvalue weighted by Crippen LogP contribution is -2.10. The van der Waals surface area contributed by atoms with E-state index in [4.69, 9.17) is 5.11 Å². The number of hydrogen-bond acceptors (Lipinski definition) is 1. The van der Waals surface area contributed by atoms with Crippen LogP contribution in [0.2, 0.25) is 0 Å². The fourth-order valence-electron chi connectivity index (χ4n) is 2.31. The first-order chi connectivity index (χ1) is 7.48. The third-order valence-corrected chi connectivity index (χ3v) is 3.60. The minimum Gasteiger partial charge on any atom is -0.478 e. The number of carboxylic acids is 1. The van der Waals surface area contributed by atoms with E-state index >= 15 is 0 Å². The molecular formula is C14H18O2. The minimum atomic E-state index is -0.827. The van der Waals surface area contributed by atoms with Gasteiger partial charge in [-0.25, -0.2) is 4.79 Å². The van der Waals surface area contributed by atoms with E-state index in [1.165, 1.54) is 17.5 Å². The summed E-state index contributed by atoms with van der Waals surface area (Å²) < 4.78 is 0. The van der Waals surface area contributed by atoms with Crippen molar-refractivity contribution in [3.8, 4) is 0 Å². The zero-order valence-electron chi connectivity index (χ0n) is 9.92. The molecule has 0 unspecified atom stereocenters. The molecule has 1 aliphatic carbocycles. The van der Waals surface area contributed by atoms with Crippen LogP contribution in [-0.4, -0.2) is 11.1 Å². The van der Waals surface area contributed by atoms with Crippen LogP contribution in [-0.2, 0) is 12.8 Å². The van der Waals surface area contributed by atoms with Gasteiger partial charge in [-0.3, -0.25) is 0 Å².